The fourth-order valence-corrected chi connectivity index (χ4v) is 10.6. The Morgan fingerprint density at radius 2 is 1.70 bits per heavy atom. The zero-order valence-corrected chi connectivity index (χ0v) is 36.3. The van der Waals surface area contributed by atoms with Crippen LogP contribution in [0.4, 0.5) is 4.79 Å². The van der Waals surface area contributed by atoms with Crippen molar-refractivity contribution in [3.8, 4) is 0 Å². The van der Waals surface area contributed by atoms with E-state index in [1.807, 2.05) is 13.8 Å². The highest BCUT2D eigenvalue weighted by atomic mass is 32.1. The molecule has 0 spiro atoms. The van der Waals surface area contributed by atoms with Gasteiger partial charge in [-0.1, -0.05) is 52.0 Å². The SMILES string of the molecule is CCOC(=O)O[C@H]1C(=O)[C@@]2(C)C([C@H](OC(=O)c3ccccc3)[C@]3(O)C[C@H](OC(=O)[C@H](O)[C@@H](NC(=O)CC(C)C)c4cccs4)C(C)=C1C3(C)C)[C@]1(OC(C)=O)CO[C@@H]1C[C@@H]2O. The first-order valence-corrected chi connectivity index (χ1v) is 21.3. The number of esters is 3. The normalized spacial score (nSPS) is 32.4. The fourth-order valence-electron chi connectivity index (χ4n) is 9.82. The molecule has 11 atom stereocenters. The van der Waals surface area contributed by atoms with Crippen LogP contribution in [-0.4, -0.2) is 112 Å². The molecule has 3 aliphatic carbocycles. The van der Waals surface area contributed by atoms with Crippen LogP contribution in [0.15, 0.2) is 59.0 Å². The van der Waals surface area contributed by atoms with E-state index < -0.39 is 113 Å². The van der Waals surface area contributed by atoms with Crippen LogP contribution in [0, 0.1) is 22.7 Å². The van der Waals surface area contributed by atoms with Gasteiger partial charge in [-0.05, 0) is 61.4 Å². The Bertz CT molecular complexity index is 2050. The van der Waals surface area contributed by atoms with Crippen molar-refractivity contribution in [3.05, 3.63) is 69.4 Å². The average Bonchev–Trinajstić information content (AvgIpc) is 3.73. The van der Waals surface area contributed by atoms with Crippen LogP contribution in [0.2, 0.25) is 0 Å². The van der Waals surface area contributed by atoms with Crippen LogP contribution in [0.5, 0.6) is 0 Å². The number of hydrogen-bond donors (Lipinski definition) is 4. The summed E-state index contributed by atoms with van der Waals surface area (Å²) in [5.41, 5.74) is -7.83. The molecule has 1 aliphatic heterocycles. The van der Waals surface area contributed by atoms with Crippen molar-refractivity contribution in [1.82, 2.24) is 5.32 Å². The van der Waals surface area contributed by atoms with Crippen LogP contribution in [0.1, 0.15) is 95.9 Å². The van der Waals surface area contributed by atoms with E-state index in [-0.39, 0.29) is 48.7 Å². The third-order valence-electron chi connectivity index (χ3n) is 13.0. The average molecular weight is 870 g/mol. The maximum absolute atomic E-state index is 15.6. The largest absolute Gasteiger partial charge is 0.509 e. The predicted octanol–water partition coefficient (Wildman–Crippen LogP) is 4.14. The molecule has 1 saturated heterocycles. The quantitative estimate of drug-likeness (QED) is 0.133. The highest BCUT2D eigenvalue weighted by molar-refractivity contribution is 7.10. The van der Waals surface area contributed by atoms with Crippen molar-refractivity contribution >= 4 is 47.1 Å². The molecule has 2 saturated carbocycles. The number of carbonyl (C=O) groups is 6. The zero-order chi connectivity index (χ0) is 44.8. The lowest BCUT2D eigenvalue weighted by Crippen LogP contribution is -2.82. The van der Waals surface area contributed by atoms with Gasteiger partial charge in [-0.2, -0.15) is 0 Å². The number of thiophene rings is 1. The summed E-state index contributed by atoms with van der Waals surface area (Å²) < 4.78 is 35.4. The van der Waals surface area contributed by atoms with Crippen molar-refractivity contribution in [2.45, 2.75) is 129 Å². The van der Waals surface area contributed by atoms with Crippen LogP contribution in [-0.2, 0) is 47.6 Å². The molecule has 332 valence electrons. The molecule has 4 N–H and O–H groups in total. The second kappa shape index (κ2) is 17.2. The molecule has 61 heavy (non-hydrogen) atoms. The molecule has 0 radical (unpaired) electrons. The molecule has 2 heterocycles. The van der Waals surface area contributed by atoms with Crippen molar-refractivity contribution in [3.63, 3.8) is 0 Å². The number of Topliss-reactive ketones (excluding diaryl/α,β-unsaturated/α-hetero) is 1. The second-order valence-electron chi connectivity index (χ2n) is 17.5. The first-order chi connectivity index (χ1) is 28.6. The van der Waals surface area contributed by atoms with Gasteiger partial charge < -0.3 is 49.1 Å². The summed E-state index contributed by atoms with van der Waals surface area (Å²) in [6.07, 6.45) is -11.8. The predicted molar refractivity (Wildman–Crippen MR) is 216 cm³/mol. The van der Waals surface area contributed by atoms with E-state index >= 15 is 4.79 Å². The molecule has 1 unspecified atom stereocenters. The molecule has 3 fully saturated rings. The van der Waals surface area contributed by atoms with Gasteiger partial charge in [0, 0.05) is 36.5 Å². The van der Waals surface area contributed by atoms with Crippen LogP contribution in [0.3, 0.4) is 0 Å². The number of aliphatic hydroxyl groups excluding tert-OH is 2. The third kappa shape index (κ3) is 7.99. The molecular formula is C44H55NO15S. The van der Waals surface area contributed by atoms with Crippen LogP contribution in [0.25, 0.3) is 0 Å². The summed E-state index contributed by atoms with van der Waals surface area (Å²) in [4.78, 5) is 83.8. The Kier molecular flexibility index (Phi) is 13.0. The number of carbonyl (C=O) groups excluding carboxylic acids is 6. The summed E-state index contributed by atoms with van der Waals surface area (Å²) in [5, 5.41) is 41.8. The number of ether oxygens (including phenoxy) is 6. The summed E-state index contributed by atoms with van der Waals surface area (Å²) >= 11 is 1.19. The lowest BCUT2D eigenvalue weighted by Gasteiger charge is -2.67. The number of nitrogens with one attached hydrogen (secondary N) is 1. The number of amides is 1. The summed E-state index contributed by atoms with van der Waals surface area (Å²) in [6.45, 7) is 11.9. The van der Waals surface area contributed by atoms with Gasteiger partial charge >= 0.3 is 24.1 Å². The first-order valence-electron chi connectivity index (χ1n) is 20.4. The zero-order valence-electron chi connectivity index (χ0n) is 35.5. The number of aliphatic hydroxyl groups is 3. The molecule has 2 aromatic rings. The van der Waals surface area contributed by atoms with E-state index in [0.717, 1.165) is 6.92 Å². The van der Waals surface area contributed by atoms with Gasteiger partial charge in [0.25, 0.3) is 0 Å². The fraction of sp³-hybridized carbons (Fsp3) is 0.591. The number of ketones is 1. The van der Waals surface area contributed by atoms with E-state index in [2.05, 4.69) is 5.32 Å². The van der Waals surface area contributed by atoms with Gasteiger partial charge in [0.1, 0.15) is 30.0 Å². The van der Waals surface area contributed by atoms with Crippen LogP contribution < -0.4 is 5.32 Å². The smallest absolute Gasteiger partial charge is 0.456 e. The maximum Gasteiger partial charge on any atom is 0.509 e. The Morgan fingerprint density at radius 1 is 1.02 bits per heavy atom. The highest BCUT2D eigenvalue weighted by Crippen LogP contribution is 2.64. The topological polar surface area (TPSA) is 231 Å². The van der Waals surface area contributed by atoms with Gasteiger partial charge in [0.05, 0.1) is 36.2 Å². The minimum atomic E-state index is -2.41. The Labute approximate surface area is 357 Å². The number of hydrogen-bond acceptors (Lipinski definition) is 16. The summed E-state index contributed by atoms with van der Waals surface area (Å²) in [7, 11) is 0. The Balaban J connectivity index is 1.56. The third-order valence-corrected chi connectivity index (χ3v) is 13.9. The molecular weight excluding hydrogens is 815 g/mol. The van der Waals surface area contributed by atoms with Gasteiger partial charge in [0.15, 0.2) is 23.6 Å². The number of rotatable bonds is 12. The van der Waals surface area contributed by atoms with E-state index in [9.17, 15) is 39.3 Å². The van der Waals surface area contributed by atoms with Gasteiger partial charge in [-0.25, -0.2) is 14.4 Å². The summed E-state index contributed by atoms with van der Waals surface area (Å²) in [6, 6.07) is 9.93. The monoisotopic (exact) mass is 869 g/mol. The lowest BCUT2D eigenvalue weighted by atomic mass is 9.44. The highest BCUT2D eigenvalue weighted by Gasteiger charge is 2.78. The molecule has 17 heteroatoms. The molecule has 6 rings (SSSR count). The minimum Gasteiger partial charge on any atom is -0.456 e. The standard InChI is InChI=1S/C44H55NO15S/c1-9-55-40(53)58-34-31-23(4)26(57-39(52)33(49)32(27-16-13-17-61-27)45-30(48)18-22(2)3)20-44(54,41(31,6)7)37(59-38(51)25-14-11-10-12-15-25)35-42(8,36(34)50)28(47)19-29-43(35,21-56-29)60-24(5)46/h10-17,22,26,28-29,32-35,37,47,49,54H,9,18-21H2,1-8H3,(H,45,48)/t26-,28-,29+,32-,33+,34+,35?,37-,42+,43-,44+/m0/s1. The first kappa shape index (κ1) is 45.8. The molecule has 16 nitrogen and oxygen atoms in total. The molecule has 1 amide bonds. The number of benzene rings is 1. The van der Waals surface area contributed by atoms with Crippen molar-refractivity contribution in [2.24, 2.45) is 22.7 Å². The van der Waals surface area contributed by atoms with Gasteiger partial charge in [-0.3, -0.25) is 14.4 Å². The van der Waals surface area contributed by atoms with E-state index in [0.29, 0.717) is 4.88 Å². The molecule has 1 aromatic carbocycles. The Morgan fingerprint density at radius 3 is 2.28 bits per heavy atom. The lowest BCUT2D eigenvalue weighted by molar-refractivity contribution is -0.346. The van der Waals surface area contributed by atoms with Crippen molar-refractivity contribution in [2.75, 3.05) is 13.2 Å². The molecule has 1 aromatic heterocycles. The molecule has 2 bridgehead atoms. The van der Waals surface area contributed by atoms with Crippen molar-refractivity contribution in [1.29, 1.82) is 0 Å². The summed E-state index contributed by atoms with van der Waals surface area (Å²) in [5.74, 6) is -5.88. The minimum absolute atomic E-state index is 0.0357. The maximum atomic E-state index is 15.6. The Hall–Kier alpha value is -4.68. The van der Waals surface area contributed by atoms with Crippen molar-refractivity contribution < 1.29 is 72.5 Å². The van der Waals surface area contributed by atoms with Crippen LogP contribution >= 0.6 is 11.3 Å². The second-order valence-corrected chi connectivity index (χ2v) is 18.5. The van der Waals surface area contributed by atoms with Gasteiger partial charge in [0.2, 0.25) is 5.91 Å². The van der Waals surface area contributed by atoms with Gasteiger partial charge in [-0.15, -0.1) is 11.3 Å². The number of fused-ring (bicyclic) bond motifs is 5. The van der Waals surface area contributed by atoms with E-state index in [1.54, 1.807) is 49.6 Å². The molecule has 4 aliphatic rings. The van der Waals surface area contributed by atoms with E-state index in [4.69, 9.17) is 28.4 Å². The van der Waals surface area contributed by atoms with E-state index in [1.165, 1.54) is 44.2 Å².